The number of rotatable bonds is 12. The molecule has 10 nitrogen and oxygen atoms in total. The fourth-order valence-corrected chi connectivity index (χ4v) is 1.59. The van der Waals surface area contributed by atoms with Gasteiger partial charge in [0.2, 0.25) is 0 Å². The van der Waals surface area contributed by atoms with Crippen LogP contribution in [0.25, 0.3) is 0 Å². The van der Waals surface area contributed by atoms with Crippen LogP contribution in [0.3, 0.4) is 0 Å². The van der Waals surface area contributed by atoms with Gasteiger partial charge in [0.1, 0.15) is 0 Å². The molecule has 0 aromatic heterocycles. The normalized spacial score (nSPS) is 9.92. The zero-order chi connectivity index (χ0) is 19.2. The number of carboxylic acid groups (broad SMARTS) is 2. The van der Waals surface area contributed by atoms with Gasteiger partial charge in [-0.2, -0.15) is 0 Å². The van der Waals surface area contributed by atoms with E-state index >= 15 is 0 Å². The van der Waals surface area contributed by atoms with E-state index in [1.54, 1.807) is 0 Å². The molecule has 0 aliphatic carbocycles. The van der Waals surface area contributed by atoms with Gasteiger partial charge in [-0.25, -0.2) is 0 Å². The summed E-state index contributed by atoms with van der Waals surface area (Å²) in [5, 5.41) is 16.7. The van der Waals surface area contributed by atoms with E-state index in [0.29, 0.717) is 19.3 Å². The van der Waals surface area contributed by atoms with Gasteiger partial charge < -0.3 is 19.7 Å². The summed E-state index contributed by atoms with van der Waals surface area (Å²) in [7, 11) is 0. The summed E-state index contributed by atoms with van der Waals surface area (Å²) in [6, 6.07) is 0. The Bertz CT molecular complexity index is 476. The Morgan fingerprint density at radius 3 is 1.12 bits per heavy atom. The first-order chi connectivity index (χ1) is 11.7. The lowest BCUT2D eigenvalue weighted by atomic mass is 10.1. The molecule has 0 saturated carbocycles. The van der Waals surface area contributed by atoms with E-state index in [9.17, 15) is 28.8 Å². The number of ether oxygens (including phenoxy) is 2. The lowest BCUT2D eigenvalue weighted by Crippen LogP contribution is -2.14. The number of carbonyl (C=O) groups excluding carboxylic acids is 4. The van der Waals surface area contributed by atoms with Gasteiger partial charge in [0.15, 0.2) is 0 Å². The van der Waals surface area contributed by atoms with Gasteiger partial charge in [0.05, 0.1) is 25.7 Å². The summed E-state index contributed by atoms with van der Waals surface area (Å²) < 4.78 is 8.80. The fourth-order valence-electron chi connectivity index (χ4n) is 1.59. The number of carboxylic acids is 2. The van der Waals surface area contributed by atoms with E-state index in [0.717, 1.165) is 0 Å². The summed E-state index contributed by atoms with van der Waals surface area (Å²) >= 11 is 0. The molecule has 0 radical (unpaired) electrons. The molecule has 0 spiro atoms. The third-order valence-corrected chi connectivity index (χ3v) is 2.80. The van der Waals surface area contributed by atoms with Crippen LogP contribution in [0.2, 0.25) is 0 Å². The minimum atomic E-state index is -1.17. The molecule has 140 valence electrons. The monoisotopic (exact) mass is 360 g/mol. The van der Waals surface area contributed by atoms with E-state index in [1.165, 1.54) is 0 Å². The molecule has 0 fully saturated rings. The Labute approximate surface area is 143 Å². The molecular weight excluding hydrogens is 340 g/mol. The molecule has 0 heterocycles. The average molecular weight is 360 g/mol. The minimum Gasteiger partial charge on any atom is -0.481 e. The first-order valence-corrected chi connectivity index (χ1v) is 7.61. The van der Waals surface area contributed by atoms with Crippen LogP contribution in [0, 0.1) is 0 Å². The summed E-state index contributed by atoms with van der Waals surface area (Å²) in [6.07, 6.45) is -0.616. The van der Waals surface area contributed by atoms with E-state index in [1.807, 2.05) is 0 Å². The van der Waals surface area contributed by atoms with Crippen molar-refractivity contribution in [1.29, 1.82) is 0 Å². The molecule has 2 N–H and O–H groups in total. The second-order valence-corrected chi connectivity index (χ2v) is 5.04. The van der Waals surface area contributed by atoms with Crippen molar-refractivity contribution in [2.75, 3.05) is 0 Å². The smallest absolute Gasteiger partial charge is 0.314 e. The van der Waals surface area contributed by atoms with Gasteiger partial charge in [0.25, 0.3) is 0 Å². The Morgan fingerprint density at radius 2 is 0.800 bits per heavy atom. The molecule has 0 aliphatic rings. The van der Waals surface area contributed by atoms with Gasteiger partial charge in [-0.1, -0.05) is 6.42 Å². The molecule has 0 aromatic rings. The van der Waals surface area contributed by atoms with Crippen molar-refractivity contribution < 1.29 is 48.5 Å². The van der Waals surface area contributed by atoms with E-state index in [2.05, 4.69) is 9.47 Å². The highest BCUT2D eigenvalue weighted by Crippen LogP contribution is 2.07. The van der Waals surface area contributed by atoms with Gasteiger partial charge in [-0.3, -0.25) is 28.8 Å². The zero-order valence-corrected chi connectivity index (χ0v) is 13.5. The maximum Gasteiger partial charge on any atom is 0.314 e. The highest BCUT2D eigenvalue weighted by atomic mass is 16.6. The summed E-state index contributed by atoms with van der Waals surface area (Å²) in [5.74, 6) is -5.70. The molecule has 10 heteroatoms. The molecule has 0 atom stereocenters. The Balaban J connectivity index is 3.70. The number of esters is 4. The maximum absolute atomic E-state index is 11.3. The number of hydrogen-bond donors (Lipinski definition) is 2. The van der Waals surface area contributed by atoms with E-state index in [-0.39, 0.29) is 25.7 Å². The lowest BCUT2D eigenvalue weighted by molar-refractivity contribution is -0.161. The van der Waals surface area contributed by atoms with Gasteiger partial charge >= 0.3 is 35.8 Å². The highest BCUT2D eigenvalue weighted by molar-refractivity contribution is 5.87. The quantitative estimate of drug-likeness (QED) is 0.289. The first kappa shape index (κ1) is 22.2. The Kier molecular flexibility index (Phi) is 11.2. The predicted octanol–water partition coefficient (Wildman–Crippen LogP) is 0.806. The number of hydrogen-bond acceptors (Lipinski definition) is 8. The van der Waals surface area contributed by atoms with Crippen LogP contribution in [0.1, 0.15) is 57.8 Å². The zero-order valence-electron chi connectivity index (χ0n) is 13.5. The van der Waals surface area contributed by atoms with Crippen molar-refractivity contribution in [3.63, 3.8) is 0 Å². The molecule has 0 saturated heterocycles. The minimum absolute atomic E-state index is 0.0641. The SMILES string of the molecule is O=C(O)CCC(=O)OC(=O)CCCCCC(=O)OC(=O)CCC(=O)O. The van der Waals surface area contributed by atoms with Crippen molar-refractivity contribution in [3.05, 3.63) is 0 Å². The standard InChI is InChI=1S/C15H20O10/c16-10(17)6-8-14(22)24-12(20)4-2-1-3-5-13(21)25-15(23)9-7-11(18)19/h1-9H2,(H,16,17)(H,18,19). The molecule has 25 heavy (non-hydrogen) atoms. The van der Waals surface area contributed by atoms with Crippen LogP contribution in [0.4, 0.5) is 0 Å². The van der Waals surface area contributed by atoms with E-state index < -0.39 is 48.7 Å². The third-order valence-electron chi connectivity index (χ3n) is 2.80. The summed E-state index contributed by atoms with van der Waals surface area (Å²) in [5.41, 5.74) is 0. The van der Waals surface area contributed by atoms with Gasteiger partial charge in [-0.05, 0) is 12.8 Å². The average Bonchev–Trinajstić information content (AvgIpc) is 2.50. The van der Waals surface area contributed by atoms with Crippen molar-refractivity contribution in [3.8, 4) is 0 Å². The second-order valence-electron chi connectivity index (χ2n) is 5.04. The fraction of sp³-hybridized carbons (Fsp3) is 0.600. The molecule has 0 unspecified atom stereocenters. The number of unbranched alkanes of at least 4 members (excludes halogenated alkanes) is 2. The van der Waals surface area contributed by atoms with Gasteiger partial charge in [-0.15, -0.1) is 0 Å². The molecule has 0 rings (SSSR count). The molecule has 0 bridgehead atoms. The van der Waals surface area contributed by atoms with Crippen LogP contribution in [-0.2, 0) is 38.2 Å². The van der Waals surface area contributed by atoms with Crippen molar-refractivity contribution >= 4 is 35.8 Å². The van der Waals surface area contributed by atoms with Crippen LogP contribution >= 0.6 is 0 Å². The Morgan fingerprint density at radius 1 is 0.480 bits per heavy atom. The van der Waals surface area contributed by atoms with Crippen molar-refractivity contribution in [1.82, 2.24) is 0 Å². The highest BCUT2D eigenvalue weighted by Gasteiger charge is 2.13. The largest absolute Gasteiger partial charge is 0.481 e. The van der Waals surface area contributed by atoms with Crippen LogP contribution in [0.5, 0.6) is 0 Å². The molecule has 0 aliphatic heterocycles. The maximum atomic E-state index is 11.3. The van der Waals surface area contributed by atoms with Crippen LogP contribution < -0.4 is 0 Å². The third kappa shape index (κ3) is 14.5. The van der Waals surface area contributed by atoms with E-state index in [4.69, 9.17) is 10.2 Å². The predicted molar refractivity (Wildman–Crippen MR) is 79.0 cm³/mol. The first-order valence-electron chi connectivity index (χ1n) is 7.61. The molecular formula is C15H20O10. The summed E-state index contributed by atoms with van der Waals surface area (Å²) in [4.78, 5) is 65.3. The lowest BCUT2D eigenvalue weighted by Gasteiger charge is -2.03. The Hall–Kier alpha value is -2.78. The van der Waals surface area contributed by atoms with Crippen molar-refractivity contribution in [2.45, 2.75) is 57.8 Å². The van der Waals surface area contributed by atoms with Crippen LogP contribution in [0.15, 0.2) is 0 Å². The second kappa shape index (κ2) is 12.6. The summed E-state index contributed by atoms with van der Waals surface area (Å²) in [6.45, 7) is 0. The topological polar surface area (TPSA) is 161 Å². The van der Waals surface area contributed by atoms with Crippen LogP contribution in [-0.4, -0.2) is 46.0 Å². The van der Waals surface area contributed by atoms with Gasteiger partial charge in [0, 0.05) is 12.8 Å². The molecule has 0 aromatic carbocycles. The number of carbonyl (C=O) groups is 6. The number of aliphatic carboxylic acids is 2. The van der Waals surface area contributed by atoms with Crippen molar-refractivity contribution in [2.24, 2.45) is 0 Å². The molecule has 0 amide bonds.